The van der Waals surface area contributed by atoms with Crippen LogP contribution < -0.4 is 19.8 Å². The summed E-state index contributed by atoms with van der Waals surface area (Å²) >= 11 is 9.71. The molecule has 1 saturated heterocycles. The predicted octanol–water partition coefficient (Wildman–Crippen LogP) is 5.07. The molecule has 2 aliphatic rings. The third-order valence-corrected chi connectivity index (χ3v) is 10.5. The molecule has 198 valence electrons. The molecule has 6 rings (SSSR count). The maximum atomic E-state index is 13.8. The van der Waals surface area contributed by atoms with Crippen molar-refractivity contribution in [2.75, 3.05) is 17.3 Å². The summed E-state index contributed by atoms with van der Waals surface area (Å²) in [6.07, 6.45) is 0. The minimum atomic E-state index is -0.738. The molecular formula is C27H20ClN3O5S3. The van der Waals surface area contributed by atoms with Crippen LogP contribution in [0.5, 0.6) is 5.75 Å². The second-order valence-electron chi connectivity index (χ2n) is 8.95. The van der Waals surface area contributed by atoms with E-state index in [1.54, 1.807) is 55.6 Å². The van der Waals surface area contributed by atoms with Crippen molar-refractivity contribution in [2.24, 2.45) is 5.92 Å². The summed E-state index contributed by atoms with van der Waals surface area (Å²) in [5.74, 6) is -1.53. The second kappa shape index (κ2) is 10.3. The van der Waals surface area contributed by atoms with Crippen LogP contribution in [0.15, 0.2) is 75.9 Å². The number of methoxy groups -OCH3 is 1. The summed E-state index contributed by atoms with van der Waals surface area (Å²) in [4.78, 5) is 56.1. The van der Waals surface area contributed by atoms with Crippen molar-refractivity contribution >= 4 is 75.1 Å². The molecule has 4 heterocycles. The number of amides is 3. The Morgan fingerprint density at radius 1 is 1.03 bits per heavy atom. The number of benzene rings is 2. The lowest BCUT2D eigenvalue weighted by Crippen LogP contribution is -2.32. The molecule has 3 amide bonds. The summed E-state index contributed by atoms with van der Waals surface area (Å²) in [5.41, 5.74) is 1.02. The molecule has 2 aromatic carbocycles. The van der Waals surface area contributed by atoms with Crippen LogP contribution in [0.3, 0.4) is 0 Å². The number of thioether (sulfide) groups is 1. The van der Waals surface area contributed by atoms with Gasteiger partial charge in [-0.05, 0) is 60.0 Å². The number of anilines is 2. The van der Waals surface area contributed by atoms with Crippen LogP contribution in [0.1, 0.15) is 15.7 Å². The lowest BCUT2D eigenvalue weighted by molar-refractivity contribution is -0.122. The zero-order chi connectivity index (χ0) is 27.3. The number of thiazole rings is 1. The fraction of sp³-hybridized carbons (Fsp3) is 0.185. The molecule has 0 aliphatic carbocycles. The maximum Gasteiger partial charge on any atom is 0.308 e. The average molecular weight is 598 g/mol. The van der Waals surface area contributed by atoms with Gasteiger partial charge >= 0.3 is 4.87 Å². The standard InChI is InChI=1S/C27H20ClN3O5S3/c1-36-17-10-6-15(7-11-17)29-19(32)13-30-26-23(39-27(30)35)20(18-3-2-12-37-18)21-22(38-26)25(34)31(24(21)33)16-8-4-14(28)5-9-16/h2-12,20-22H,13H2,1H3,(H,29,32). The number of thiophene rings is 1. The number of aromatic nitrogens is 1. The molecule has 0 saturated carbocycles. The first-order chi connectivity index (χ1) is 18.9. The second-order valence-corrected chi connectivity index (χ2v) is 12.5. The first-order valence-electron chi connectivity index (χ1n) is 11.9. The summed E-state index contributed by atoms with van der Waals surface area (Å²) in [5, 5.41) is 5.02. The van der Waals surface area contributed by atoms with Gasteiger partial charge in [0.05, 0.1) is 23.7 Å². The number of nitrogens with one attached hydrogen (secondary N) is 1. The van der Waals surface area contributed by atoms with Gasteiger partial charge in [0.25, 0.3) is 0 Å². The monoisotopic (exact) mass is 597 g/mol. The highest BCUT2D eigenvalue weighted by atomic mass is 35.5. The van der Waals surface area contributed by atoms with Crippen molar-refractivity contribution in [1.29, 1.82) is 0 Å². The highest BCUT2D eigenvalue weighted by Crippen LogP contribution is 2.54. The third kappa shape index (κ3) is 4.59. The van der Waals surface area contributed by atoms with Crippen molar-refractivity contribution < 1.29 is 19.1 Å². The quantitative estimate of drug-likeness (QED) is 0.312. The summed E-state index contributed by atoms with van der Waals surface area (Å²) in [6, 6.07) is 17.3. The van der Waals surface area contributed by atoms with E-state index in [9.17, 15) is 19.2 Å². The maximum absolute atomic E-state index is 13.8. The third-order valence-electron chi connectivity index (χ3n) is 6.66. The van der Waals surface area contributed by atoms with E-state index in [-0.39, 0.29) is 29.1 Å². The first-order valence-corrected chi connectivity index (χ1v) is 14.8. The molecule has 1 N–H and O–H groups in total. The Balaban J connectivity index is 1.35. The van der Waals surface area contributed by atoms with Crippen molar-refractivity contribution in [2.45, 2.75) is 22.7 Å². The number of halogens is 1. The summed E-state index contributed by atoms with van der Waals surface area (Å²) in [6.45, 7) is -0.221. The Hall–Kier alpha value is -3.38. The fourth-order valence-corrected chi connectivity index (χ4v) is 8.74. The minimum Gasteiger partial charge on any atom is -0.497 e. The topological polar surface area (TPSA) is 97.7 Å². The zero-order valence-corrected chi connectivity index (χ0v) is 23.5. The van der Waals surface area contributed by atoms with Crippen LogP contribution in [0.2, 0.25) is 5.02 Å². The lowest BCUT2D eigenvalue weighted by Gasteiger charge is -2.29. The molecular weight excluding hydrogens is 578 g/mol. The van der Waals surface area contributed by atoms with E-state index >= 15 is 0 Å². The molecule has 8 nitrogen and oxygen atoms in total. The SMILES string of the molecule is COc1ccc(NC(=O)Cn2c3c(sc2=O)C(c2cccs2)C2C(=O)N(c4ccc(Cl)cc4)C(=O)C2S3)cc1. The highest BCUT2D eigenvalue weighted by Gasteiger charge is 2.57. The van der Waals surface area contributed by atoms with Gasteiger partial charge < -0.3 is 10.1 Å². The molecule has 3 atom stereocenters. The van der Waals surface area contributed by atoms with Gasteiger partial charge in [-0.1, -0.05) is 40.8 Å². The summed E-state index contributed by atoms with van der Waals surface area (Å²) in [7, 11) is 1.56. The van der Waals surface area contributed by atoms with Crippen molar-refractivity contribution in [3.05, 3.63) is 90.5 Å². The molecule has 12 heteroatoms. The molecule has 3 unspecified atom stereocenters. The predicted molar refractivity (Wildman–Crippen MR) is 153 cm³/mol. The average Bonchev–Trinajstić information content (AvgIpc) is 3.63. The van der Waals surface area contributed by atoms with Gasteiger partial charge in [-0.3, -0.25) is 23.7 Å². The van der Waals surface area contributed by atoms with Gasteiger partial charge in [0, 0.05) is 26.4 Å². The largest absolute Gasteiger partial charge is 0.497 e. The molecule has 2 aliphatic heterocycles. The van der Waals surface area contributed by atoms with Crippen LogP contribution >= 0.6 is 46.0 Å². The van der Waals surface area contributed by atoms with Gasteiger partial charge in [-0.15, -0.1) is 11.3 Å². The molecule has 0 bridgehead atoms. The fourth-order valence-electron chi connectivity index (χ4n) is 4.89. The number of carbonyl (C=O) groups excluding carboxylic acids is 3. The molecule has 1 fully saturated rings. The van der Waals surface area contributed by atoms with E-state index in [4.69, 9.17) is 16.3 Å². The van der Waals surface area contributed by atoms with Gasteiger partial charge in [0.1, 0.15) is 17.5 Å². The Bertz CT molecular complexity index is 1630. The molecule has 2 aromatic heterocycles. The van der Waals surface area contributed by atoms with Crippen LogP contribution in [-0.4, -0.2) is 34.6 Å². The number of fused-ring (bicyclic) bond motifs is 2. The van der Waals surface area contributed by atoms with E-state index in [2.05, 4.69) is 5.32 Å². The number of hydrogen-bond donors (Lipinski definition) is 1. The van der Waals surface area contributed by atoms with Crippen molar-refractivity contribution in [1.82, 2.24) is 4.57 Å². The van der Waals surface area contributed by atoms with E-state index in [1.165, 1.54) is 32.6 Å². The van der Waals surface area contributed by atoms with E-state index in [1.807, 2.05) is 17.5 Å². The normalized spacial score (nSPS) is 20.1. The number of rotatable bonds is 6. The molecule has 0 radical (unpaired) electrons. The van der Waals surface area contributed by atoms with E-state index in [0.29, 0.717) is 32.1 Å². The number of carbonyl (C=O) groups is 3. The van der Waals surface area contributed by atoms with Crippen LogP contribution in [0.25, 0.3) is 0 Å². The minimum absolute atomic E-state index is 0.221. The number of nitrogens with zero attached hydrogens (tertiary/aromatic N) is 2. The first kappa shape index (κ1) is 25.9. The van der Waals surface area contributed by atoms with Crippen molar-refractivity contribution in [3.8, 4) is 5.75 Å². The number of imide groups is 1. The Morgan fingerprint density at radius 3 is 2.44 bits per heavy atom. The molecule has 4 aromatic rings. The highest BCUT2D eigenvalue weighted by molar-refractivity contribution is 8.00. The number of ether oxygens (including phenoxy) is 1. The Kier molecular flexibility index (Phi) is 6.84. The van der Waals surface area contributed by atoms with Crippen LogP contribution in [0, 0.1) is 5.92 Å². The lowest BCUT2D eigenvalue weighted by atomic mass is 9.87. The molecule has 0 spiro atoms. The van der Waals surface area contributed by atoms with Gasteiger partial charge in [-0.25, -0.2) is 4.90 Å². The van der Waals surface area contributed by atoms with Gasteiger partial charge in [0.15, 0.2) is 0 Å². The zero-order valence-electron chi connectivity index (χ0n) is 20.3. The smallest absolute Gasteiger partial charge is 0.308 e. The molecule has 39 heavy (non-hydrogen) atoms. The van der Waals surface area contributed by atoms with Crippen LogP contribution in [0.4, 0.5) is 11.4 Å². The van der Waals surface area contributed by atoms with Gasteiger partial charge in [0.2, 0.25) is 17.7 Å². The number of hydrogen-bond acceptors (Lipinski definition) is 8. The Labute approximate surface area is 240 Å². The summed E-state index contributed by atoms with van der Waals surface area (Å²) < 4.78 is 6.56. The van der Waals surface area contributed by atoms with E-state index in [0.717, 1.165) is 16.2 Å². The van der Waals surface area contributed by atoms with Crippen molar-refractivity contribution in [3.63, 3.8) is 0 Å². The van der Waals surface area contributed by atoms with Gasteiger partial charge in [-0.2, -0.15) is 0 Å². The Morgan fingerprint density at radius 2 is 1.77 bits per heavy atom. The van der Waals surface area contributed by atoms with E-state index < -0.39 is 17.1 Å². The van der Waals surface area contributed by atoms with Crippen LogP contribution in [-0.2, 0) is 20.9 Å².